The van der Waals surface area contributed by atoms with E-state index in [4.69, 9.17) is 0 Å². The van der Waals surface area contributed by atoms with Gasteiger partial charge in [0.05, 0.1) is 0 Å². The topological polar surface area (TPSA) is 45.8 Å². The highest BCUT2D eigenvalue weighted by molar-refractivity contribution is 4.80. The third-order valence-corrected chi connectivity index (χ3v) is 6.44. The maximum absolute atomic E-state index is 3.58. The van der Waals surface area contributed by atoms with Crippen molar-refractivity contribution in [3.05, 3.63) is 0 Å². The van der Waals surface area contributed by atoms with Gasteiger partial charge in [-0.2, -0.15) is 0 Å². The quantitative estimate of drug-likeness (QED) is 0.525. The average molecular weight is 487 g/mol. The molecule has 0 aromatic carbocycles. The summed E-state index contributed by atoms with van der Waals surface area (Å²) in [5, 5.41) is 10.7. The Kier molecular flexibility index (Phi) is 21.0. The second-order valence-corrected chi connectivity index (χ2v) is 11.4. The maximum atomic E-state index is 3.58. The molecule has 0 aliphatic carbocycles. The molecular formula is C28H66N6. The van der Waals surface area contributed by atoms with Gasteiger partial charge in [0.25, 0.3) is 0 Å². The second-order valence-electron chi connectivity index (χ2n) is 11.4. The minimum atomic E-state index is 0. The fourth-order valence-electron chi connectivity index (χ4n) is 4.96. The first-order valence-corrected chi connectivity index (χ1v) is 13.4. The summed E-state index contributed by atoms with van der Waals surface area (Å²) in [7, 11) is 6.59. The second kappa shape index (κ2) is 19.9. The molecule has 2 atom stereocenters. The number of hydrogen-bond acceptors (Lipinski definition) is 6. The van der Waals surface area contributed by atoms with E-state index in [1.807, 2.05) is 0 Å². The molecule has 0 aromatic rings. The summed E-state index contributed by atoms with van der Waals surface area (Å²) in [4.78, 5) is 7.18. The van der Waals surface area contributed by atoms with Crippen molar-refractivity contribution < 1.29 is 0 Å². The van der Waals surface area contributed by atoms with Crippen LogP contribution in [0.25, 0.3) is 0 Å². The van der Waals surface area contributed by atoms with E-state index < -0.39 is 0 Å². The van der Waals surface area contributed by atoms with Crippen molar-refractivity contribution >= 4 is 0 Å². The van der Waals surface area contributed by atoms with Gasteiger partial charge in [-0.3, -0.25) is 0 Å². The van der Waals surface area contributed by atoms with Crippen molar-refractivity contribution in [2.24, 2.45) is 0 Å². The molecule has 2 unspecified atom stereocenters. The number of hydrogen-bond donors (Lipinski definition) is 3. The number of nitrogens with zero attached hydrogens (tertiary/aromatic N) is 3. The molecular weight excluding hydrogens is 420 g/mol. The van der Waals surface area contributed by atoms with Crippen molar-refractivity contribution in [1.82, 2.24) is 30.7 Å². The van der Waals surface area contributed by atoms with Crippen LogP contribution in [0, 0.1) is 0 Å². The Morgan fingerprint density at radius 2 is 0.853 bits per heavy atom. The average Bonchev–Trinajstić information content (AvgIpc) is 3.08. The van der Waals surface area contributed by atoms with Crippen LogP contribution >= 0.6 is 0 Å². The number of rotatable bonds is 6. The van der Waals surface area contributed by atoms with E-state index in [0.29, 0.717) is 18.1 Å². The highest BCUT2D eigenvalue weighted by Gasteiger charge is 2.19. The molecule has 0 saturated carbocycles. The Morgan fingerprint density at radius 3 is 1.26 bits per heavy atom. The summed E-state index contributed by atoms with van der Waals surface area (Å²) in [5.41, 5.74) is 0. The van der Waals surface area contributed by atoms with Crippen LogP contribution in [0.5, 0.6) is 0 Å². The Labute approximate surface area is 216 Å². The molecule has 6 heteroatoms. The lowest BCUT2D eigenvalue weighted by Crippen LogP contribution is -2.46. The number of likely N-dealkylation sites (N-methyl/N-ethyl adjacent to an activating group) is 2. The zero-order valence-corrected chi connectivity index (χ0v) is 23.1. The van der Waals surface area contributed by atoms with Crippen LogP contribution in [0.3, 0.4) is 0 Å². The predicted octanol–water partition coefficient (Wildman–Crippen LogP) is 4.12. The maximum Gasteiger partial charge on any atom is 0.0209 e. The Balaban J connectivity index is 0. The van der Waals surface area contributed by atoms with Gasteiger partial charge in [-0.25, -0.2) is 0 Å². The highest BCUT2D eigenvalue weighted by Crippen LogP contribution is 2.09. The molecule has 0 aromatic heterocycles. The summed E-state index contributed by atoms with van der Waals surface area (Å²) >= 11 is 0. The van der Waals surface area contributed by atoms with E-state index >= 15 is 0 Å². The largest absolute Gasteiger partial charge is 0.312 e. The monoisotopic (exact) mass is 487 g/mol. The van der Waals surface area contributed by atoms with E-state index in [0.717, 1.165) is 18.1 Å². The Morgan fingerprint density at radius 1 is 0.500 bits per heavy atom. The summed E-state index contributed by atoms with van der Waals surface area (Å²) in [6.45, 7) is 20.8. The van der Waals surface area contributed by atoms with E-state index in [9.17, 15) is 0 Å². The van der Waals surface area contributed by atoms with Gasteiger partial charge in [0.1, 0.15) is 0 Å². The van der Waals surface area contributed by atoms with Crippen molar-refractivity contribution in [2.45, 2.75) is 125 Å². The fraction of sp³-hybridized carbons (Fsp3) is 1.00. The molecule has 0 spiro atoms. The van der Waals surface area contributed by atoms with Crippen LogP contribution in [-0.2, 0) is 0 Å². The number of likely N-dealkylation sites (tertiary alicyclic amines) is 3. The fourth-order valence-corrected chi connectivity index (χ4v) is 4.96. The molecule has 6 nitrogen and oxygen atoms in total. The van der Waals surface area contributed by atoms with E-state index in [1.54, 1.807) is 0 Å². The van der Waals surface area contributed by atoms with Gasteiger partial charge in [0.15, 0.2) is 0 Å². The Bertz CT molecular complexity index is 446. The first-order chi connectivity index (χ1) is 15.0. The zero-order chi connectivity index (χ0) is 24.1. The first kappa shape index (κ1) is 35.9. The van der Waals surface area contributed by atoms with Gasteiger partial charge in [0.2, 0.25) is 0 Å². The van der Waals surface area contributed by atoms with E-state index in [-0.39, 0.29) is 14.9 Å². The van der Waals surface area contributed by atoms with Crippen molar-refractivity contribution in [1.29, 1.82) is 0 Å². The molecule has 0 bridgehead atoms. The molecule has 3 fully saturated rings. The lowest BCUT2D eigenvalue weighted by Gasteiger charge is -2.31. The van der Waals surface area contributed by atoms with Crippen LogP contribution in [-0.4, -0.2) is 111 Å². The minimum Gasteiger partial charge on any atom is -0.312 e. The van der Waals surface area contributed by atoms with Gasteiger partial charge < -0.3 is 30.7 Å². The van der Waals surface area contributed by atoms with E-state index in [2.05, 4.69) is 93.3 Å². The molecule has 3 aliphatic heterocycles. The third-order valence-electron chi connectivity index (χ3n) is 6.44. The molecule has 3 rings (SSSR count). The van der Waals surface area contributed by atoms with Crippen LogP contribution in [0.1, 0.15) is 88.5 Å². The van der Waals surface area contributed by atoms with Gasteiger partial charge >= 0.3 is 0 Å². The highest BCUT2D eigenvalue weighted by atomic mass is 15.2. The summed E-state index contributed by atoms with van der Waals surface area (Å²) in [5.74, 6) is 0. The van der Waals surface area contributed by atoms with Crippen LogP contribution in [0.15, 0.2) is 0 Å². The molecule has 3 N–H and O–H groups in total. The normalized spacial score (nSPS) is 24.7. The molecule has 34 heavy (non-hydrogen) atoms. The summed E-state index contributed by atoms with van der Waals surface area (Å²) < 4.78 is 0. The number of nitrogens with one attached hydrogen (secondary N) is 3. The van der Waals surface area contributed by atoms with Crippen LogP contribution < -0.4 is 16.0 Å². The molecule has 0 amide bonds. The van der Waals surface area contributed by atoms with Gasteiger partial charge in [0, 0.05) is 49.3 Å². The lowest BCUT2D eigenvalue weighted by molar-refractivity contribution is 0.220. The number of piperidine rings is 2. The van der Waals surface area contributed by atoms with Crippen LogP contribution in [0.4, 0.5) is 0 Å². The minimum absolute atomic E-state index is 0. The third kappa shape index (κ3) is 18.1. The first-order valence-electron chi connectivity index (χ1n) is 13.4. The van der Waals surface area contributed by atoms with E-state index in [1.165, 1.54) is 71.4 Å². The molecule has 3 saturated heterocycles. The molecule has 208 valence electrons. The standard InChI is InChI=1S/2C9H20N2.C8H18N2.2CH4/c1-8(2)10-9-4-6-11(3)7-5-9;1-8(2)10-9-5-4-6-11(3)7-9;1-7(2)9-8-4-5-10(3)6-8;;/h2*8-10H,4-7H2,1-3H3;7-9H,4-6H2,1-3H3;2*1H4. The van der Waals surface area contributed by atoms with Crippen molar-refractivity contribution in [3.63, 3.8) is 0 Å². The van der Waals surface area contributed by atoms with Crippen molar-refractivity contribution in [3.8, 4) is 0 Å². The summed E-state index contributed by atoms with van der Waals surface area (Å²) in [6, 6.07) is 4.15. The van der Waals surface area contributed by atoms with Gasteiger partial charge in [-0.15, -0.1) is 0 Å². The predicted molar refractivity (Wildman–Crippen MR) is 155 cm³/mol. The molecule has 3 aliphatic rings. The molecule has 0 radical (unpaired) electrons. The van der Waals surface area contributed by atoms with Gasteiger partial charge in [-0.1, -0.05) is 56.4 Å². The van der Waals surface area contributed by atoms with Gasteiger partial charge in [-0.05, 0) is 79.4 Å². The Hall–Kier alpha value is -0.240. The van der Waals surface area contributed by atoms with Crippen LogP contribution in [0.2, 0.25) is 0 Å². The zero-order valence-electron chi connectivity index (χ0n) is 23.1. The van der Waals surface area contributed by atoms with Crippen molar-refractivity contribution in [2.75, 3.05) is 60.4 Å². The molecule has 3 heterocycles. The smallest absolute Gasteiger partial charge is 0.0209 e. The summed E-state index contributed by atoms with van der Waals surface area (Å²) in [6.07, 6.45) is 6.64. The SMILES string of the molecule is C.C.CC(C)NC1CCCN(C)C1.CC(C)NC1CCN(C)C1.CC(C)NC1CCN(C)CC1. The lowest BCUT2D eigenvalue weighted by atomic mass is 10.1.